The lowest BCUT2D eigenvalue weighted by Crippen LogP contribution is -2.41. The van der Waals surface area contributed by atoms with E-state index in [0.717, 1.165) is 12.8 Å². The van der Waals surface area contributed by atoms with Crippen molar-refractivity contribution in [3.05, 3.63) is 35.4 Å². The zero-order valence-corrected chi connectivity index (χ0v) is 13.1. The maximum atomic E-state index is 13.4. The number of likely N-dealkylation sites (N-methyl/N-ethyl adjacent to an activating group) is 1. The van der Waals surface area contributed by atoms with Crippen molar-refractivity contribution < 1.29 is 18.4 Å². The zero-order valence-electron chi connectivity index (χ0n) is 13.1. The van der Waals surface area contributed by atoms with Gasteiger partial charge < -0.3 is 10.6 Å². The van der Waals surface area contributed by atoms with Crippen LogP contribution < -0.4 is 10.6 Å². The summed E-state index contributed by atoms with van der Waals surface area (Å²) >= 11 is 0. The maximum Gasteiger partial charge on any atom is 0.234 e. The molecule has 0 bridgehead atoms. The van der Waals surface area contributed by atoms with Gasteiger partial charge in [-0.1, -0.05) is 6.07 Å². The Morgan fingerprint density at radius 2 is 1.78 bits per heavy atom. The van der Waals surface area contributed by atoms with Crippen LogP contribution in [0.15, 0.2) is 18.2 Å². The predicted molar refractivity (Wildman–Crippen MR) is 81.7 cm³/mol. The zero-order chi connectivity index (χ0) is 16.8. The van der Waals surface area contributed by atoms with E-state index in [4.69, 9.17) is 0 Å². The van der Waals surface area contributed by atoms with E-state index < -0.39 is 11.6 Å². The first-order valence-electron chi connectivity index (χ1n) is 7.63. The predicted octanol–water partition coefficient (Wildman–Crippen LogP) is 0.834. The van der Waals surface area contributed by atoms with Crippen molar-refractivity contribution in [1.82, 2.24) is 15.5 Å². The summed E-state index contributed by atoms with van der Waals surface area (Å²) < 4.78 is 26.9. The van der Waals surface area contributed by atoms with Gasteiger partial charge in [0, 0.05) is 18.2 Å². The van der Waals surface area contributed by atoms with Crippen LogP contribution in [0.25, 0.3) is 0 Å². The van der Waals surface area contributed by atoms with Crippen molar-refractivity contribution in [3.63, 3.8) is 0 Å². The summed E-state index contributed by atoms with van der Waals surface area (Å²) in [7, 11) is 1.67. The van der Waals surface area contributed by atoms with E-state index in [0.29, 0.717) is 6.04 Å². The summed E-state index contributed by atoms with van der Waals surface area (Å²) in [4.78, 5) is 24.9. The third-order valence-electron chi connectivity index (χ3n) is 3.53. The Kier molecular flexibility index (Phi) is 6.04. The second-order valence-electron chi connectivity index (χ2n) is 5.81. The highest BCUT2D eigenvalue weighted by molar-refractivity contribution is 5.81. The molecule has 7 heteroatoms. The average molecular weight is 325 g/mol. The number of benzene rings is 1. The monoisotopic (exact) mass is 325 g/mol. The van der Waals surface area contributed by atoms with Crippen LogP contribution in [-0.4, -0.2) is 49.4 Å². The van der Waals surface area contributed by atoms with Crippen LogP contribution in [0, 0.1) is 11.6 Å². The molecule has 0 aliphatic heterocycles. The quantitative estimate of drug-likeness (QED) is 0.744. The summed E-state index contributed by atoms with van der Waals surface area (Å²) in [5, 5.41) is 5.44. The van der Waals surface area contributed by atoms with Gasteiger partial charge in [-0.15, -0.1) is 0 Å². The van der Waals surface area contributed by atoms with Crippen LogP contribution >= 0.6 is 0 Å². The topological polar surface area (TPSA) is 61.4 Å². The van der Waals surface area contributed by atoms with Gasteiger partial charge >= 0.3 is 0 Å². The number of carbonyl (C=O) groups is 2. The average Bonchev–Trinajstić information content (AvgIpc) is 3.25. The standard InChI is InChI=1S/C16H21F2N3O2/c1-21(10-16(23)20-11-5-6-11)9-15(22)19-8-7-12-13(17)3-2-4-14(12)18/h2-4,11H,5-10H2,1H3,(H,19,22)(H,20,23). The molecular formula is C16H21F2N3O2. The lowest BCUT2D eigenvalue weighted by atomic mass is 10.1. The van der Waals surface area contributed by atoms with E-state index in [2.05, 4.69) is 10.6 Å². The fraction of sp³-hybridized carbons (Fsp3) is 0.500. The fourth-order valence-corrected chi connectivity index (χ4v) is 2.20. The summed E-state index contributed by atoms with van der Waals surface area (Å²) in [5.41, 5.74) is -0.0371. The molecule has 0 unspecified atom stereocenters. The van der Waals surface area contributed by atoms with Crippen LogP contribution in [0.1, 0.15) is 18.4 Å². The van der Waals surface area contributed by atoms with Gasteiger partial charge in [0.2, 0.25) is 11.8 Å². The number of amides is 2. The number of hydrogen-bond donors (Lipinski definition) is 2. The second-order valence-corrected chi connectivity index (χ2v) is 5.81. The van der Waals surface area contributed by atoms with Gasteiger partial charge in [-0.05, 0) is 38.4 Å². The highest BCUT2D eigenvalue weighted by Crippen LogP contribution is 2.18. The fourth-order valence-electron chi connectivity index (χ4n) is 2.20. The van der Waals surface area contributed by atoms with E-state index in [1.54, 1.807) is 11.9 Å². The molecule has 1 aliphatic carbocycles. The minimum atomic E-state index is -0.617. The molecule has 2 rings (SSSR count). The molecule has 126 valence electrons. The molecule has 1 aromatic rings. The molecule has 1 aliphatic rings. The smallest absolute Gasteiger partial charge is 0.234 e. The van der Waals surface area contributed by atoms with Gasteiger partial charge in [0.15, 0.2) is 0 Å². The van der Waals surface area contributed by atoms with Gasteiger partial charge in [-0.2, -0.15) is 0 Å². The molecule has 1 aromatic carbocycles. The molecule has 0 atom stereocenters. The van der Waals surface area contributed by atoms with E-state index in [1.807, 2.05) is 0 Å². The number of nitrogens with zero attached hydrogens (tertiary/aromatic N) is 1. The normalized spacial score (nSPS) is 13.9. The first-order valence-corrected chi connectivity index (χ1v) is 7.63. The van der Waals surface area contributed by atoms with Crippen LogP contribution in [0.4, 0.5) is 8.78 Å². The van der Waals surface area contributed by atoms with Gasteiger partial charge in [0.05, 0.1) is 13.1 Å². The van der Waals surface area contributed by atoms with Crippen molar-refractivity contribution in [2.24, 2.45) is 0 Å². The van der Waals surface area contributed by atoms with Gasteiger partial charge in [0.1, 0.15) is 11.6 Å². The Hall–Kier alpha value is -2.02. The highest BCUT2D eigenvalue weighted by atomic mass is 19.1. The summed E-state index contributed by atoms with van der Waals surface area (Å²) in [6, 6.07) is 3.97. The van der Waals surface area contributed by atoms with Crippen LogP contribution in [0.3, 0.4) is 0 Å². The largest absolute Gasteiger partial charge is 0.355 e. The van der Waals surface area contributed by atoms with Gasteiger partial charge in [0.25, 0.3) is 0 Å². The van der Waals surface area contributed by atoms with E-state index in [1.165, 1.54) is 18.2 Å². The summed E-state index contributed by atoms with van der Waals surface area (Å²) in [6.07, 6.45) is 2.11. The SMILES string of the molecule is CN(CC(=O)NCCc1c(F)cccc1F)CC(=O)NC1CC1. The first kappa shape index (κ1) is 17.3. The van der Waals surface area contributed by atoms with Crippen LogP contribution in [-0.2, 0) is 16.0 Å². The highest BCUT2D eigenvalue weighted by Gasteiger charge is 2.23. The molecule has 1 saturated carbocycles. The van der Waals surface area contributed by atoms with Crippen molar-refractivity contribution in [3.8, 4) is 0 Å². The number of nitrogens with one attached hydrogen (secondary N) is 2. The Labute approximate surface area is 134 Å². The van der Waals surface area contributed by atoms with Crippen molar-refractivity contribution >= 4 is 11.8 Å². The Balaban J connectivity index is 1.67. The van der Waals surface area contributed by atoms with Gasteiger partial charge in [-0.25, -0.2) is 8.78 Å². The first-order chi connectivity index (χ1) is 11.0. The third kappa shape index (κ3) is 5.94. The van der Waals surface area contributed by atoms with Gasteiger partial charge in [-0.3, -0.25) is 14.5 Å². The molecule has 0 radical (unpaired) electrons. The molecule has 0 heterocycles. The lowest BCUT2D eigenvalue weighted by molar-refractivity contribution is -0.124. The van der Waals surface area contributed by atoms with Crippen LogP contribution in [0.5, 0.6) is 0 Å². The third-order valence-corrected chi connectivity index (χ3v) is 3.53. The minimum absolute atomic E-state index is 0.0371. The van der Waals surface area contributed by atoms with E-state index >= 15 is 0 Å². The Bertz CT molecular complexity index is 556. The lowest BCUT2D eigenvalue weighted by Gasteiger charge is -2.16. The number of hydrogen-bond acceptors (Lipinski definition) is 3. The van der Waals surface area contributed by atoms with Crippen molar-refractivity contribution in [2.75, 3.05) is 26.7 Å². The molecular weight excluding hydrogens is 304 g/mol. The second kappa shape index (κ2) is 8.01. The van der Waals surface area contributed by atoms with E-state index in [-0.39, 0.29) is 43.4 Å². The summed E-state index contributed by atoms with van der Waals surface area (Å²) in [6.45, 7) is 0.336. The van der Waals surface area contributed by atoms with Crippen molar-refractivity contribution in [1.29, 1.82) is 0 Å². The molecule has 0 aromatic heterocycles. The minimum Gasteiger partial charge on any atom is -0.355 e. The molecule has 0 spiro atoms. The molecule has 1 fully saturated rings. The van der Waals surface area contributed by atoms with E-state index in [9.17, 15) is 18.4 Å². The Morgan fingerprint density at radius 1 is 1.17 bits per heavy atom. The van der Waals surface area contributed by atoms with Crippen molar-refractivity contribution in [2.45, 2.75) is 25.3 Å². The molecule has 0 saturated heterocycles. The number of rotatable bonds is 8. The Morgan fingerprint density at radius 3 is 2.39 bits per heavy atom. The van der Waals surface area contributed by atoms with Crippen LogP contribution in [0.2, 0.25) is 0 Å². The summed E-state index contributed by atoms with van der Waals surface area (Å²) in [5.74, 6) is -1.62. The number of carbonyl (C=O) groups excluding carboxylic acids is 2. The molecule has 23 heavy (non-hydrogen) atoms. The molecule has 5 nitrogen and oxygen atoms in total. The molecule has 2 amide bonds. The molecule has 2 N–H and O–H groups in total. The number of halogens is 2. The maximum absolute atomic E-state index is 13.4.